The van der Waals surface area contributed by atoms with Crippen LogP contribution in [0.25, 0.3) is 0 Å². The Morgan fingerprint density at radius 1 is 1.35 bits per heavy atom. The van der Waals surface area contributed by atoms with E-state index in [4.69, 9.17) is 0 Å². The number of hydrogen-bond donors (Lipinski definition) is 1. The molecule has 0 radical (unpaired) electrons. The number of carbonyl (C=O) groups is 2. The molecule has 3 heteroatoms. The van der Waals surface area contributed by atoms with E-state index < -0.39 is 0 Å². The monoisotopic (exact) mass is 239 g/mol. The minimum Gasteiger partial charge on any atom is -0.329 e. The average Bonchev–Trinajstić information content (AvgIpc) is 2.33. The zero-order valence-electron chi connectivity index (χ0n) is 11.6. The van der Waals surface area contributed by atoms with Crippen LogP contribution < -0.4 is 5.32 Å². The van der Waals surface area contributed by atoms with Crippen LogP contribution in [0.15, 0.2) is 36.6 Å². The number of allylic oxidation sites excluding steroid dienone is 4. The third kappa shape index (κ3) is 25.0. The van der Waals surface area contributed by atoms with E-state index in [2.05, 4.69) is 11.9 Å². The molecular weight excluding hydrogens is 214 g/mol. The molecule has 0 fully saturated rings. The molecule has 1 amide bonds. The molecule has 0 aliphatic heterocycles. The van der Waals surface area contributed by atoms with Gasteiger partial charge in [-0.1, -0.05) is 39.5 Å². The Hall–Kier alpha value is -1.64. The molecule has 0 saturated heterocycles. The SMILES string of the molecule is C=C/C=C(\C=C/C)NC=O.CC.CCC(C)=O. The predicted molar refractivity (Wildman–Crippen MR) is 74.6 cm³/mol. The van der Waals surface area contributed by atoms with Gasteiger partial charge in [0.05, 0.1) is 0 Å². The van der Waals surface area contributed by atoms with E-state index >= 15 is 0 Å². The van der Waals surface area contributed by atoms with E-state index in [9.17, 15) is 9.59 Å². The first-order valence-corrected chi connectivity index (χ1v) is 5.77. The first-order chi connectivity index (χ1) is 8.12. The molecule has 17 heavy (non-hydrogen) atoms. The molecule has 0 saturated carbocycles. The van der Waals surface area contributed by atoms with Crippen LogP contribution in [0.3, 0.4) is 0 Å². The van der Waals surface area contributed by atoms with Gasteiger partial charge in [0.25, 0.3) is 0 Å². The summed E-state index contributed by atoms with van der Waals surface area (Å²) in [5.41, 5.74) is 0.743. The van der Waals surface area contributed by atoms with Crippen molar-refractivity contribution in [3.63, 3.8) is 0 Å². The highest BCUT2D eigenvalue weighted by atomic mass is 16.1. The van der Waals surface area contributed by atoms with Gasteiger partial charge in [0.15, 0.2) is 0 Å². The molecule has 3 nitrogen and oxygen atoms in total. The summed E-state index contributed by atoms with van der Waals surface area (Å²) in [7, 11) is 0. The number of nitrogens with one attached hydrogen (secondary N) is 1. The van der Waals surface area contributed by atoms with Crippen molar-refractivity contribution < 1.29 is 9.59 Å². The molecule has 0 rings (SSSR count). The molecule has 0 aromatic carbocycles. The summed E-state index contributed by atoms with van der Waals surface area (Å²) in [4.78, 5) is 19.8. The van der Waals surface area contributed by atoms with Crippen molar-refractivity contribution in [1.29, 1.82) is 0 Å². The van der Waals surface area contributed by atoms with Crippen molar-refractivity contribution in [2.45, 2.75) is 41.0 Å². The first kappa shape index (κ1) is 20.7. The molecular formula is C14H25NO2. The van der Waals surface area contributed by atoms with Crippen molar-refractivity contribution >= 4 is 12.2 Å². The van der Waals surface area contributed by atoms with E-state index in [0.717, 1.165) is 5.70 Å². The third-order valence-corrected chi connectivity index (χ3v) is 1.37. The van der Waals surface area contributed by atoms with Crippen molar-refractivity contribution in [2.24, 2.45) is 0 Å². The van der Waals surface area contributed by atoms with Crippen LogP contribution in [-0.2, 0) is 9.59 Å². The normalized spacial score (nSPS) is 9.35. The molecule has 98 valence electrons. The summed E-state index contributed by atoms with van der Waals surface area (Å²) < 4.78 is 0. The van der Waals surface area contributed by atoms with Crippen LogP contribution >= 0.6 is 0 Å². The standard InChI is InChI=1S/C8H11NO.C4H8O.C2H6/c1-3-5-8(6-4-2)9-7-10;1-3-4(2)5;1-2/h3-7H,1H2,2H3,(H,9,10);3H2,1-2H3;1-2H3/b6-4-,8-5+;;. The van der Waals surface area contributed by atoms with E-state index in [1.807, 2.05) is 33.8 Å². The second-order valence-corrected chi connectivity index (χ2v) is 2.68. The van der Waals surface area contributed by atoms with Gasteiger partial charge in [-0.15, -0.1) is 0 Å². The molecule has 0 unspecified atom stereocenters. The lowest BCUT2D eigenvalue weighted by Gasteiger charge is -1.94. The summed E-state index contributed by atoms with van der Waals surface area (Å²) in [6.45, 7) is 12.8. The Kier molecular flexibility index (Phi) is 24.2. The van der Waals surface area contributed by atoms with E-state index in [-0.39, 0.29) is 5.78 Å². The van der Waals surface area contributed by atoms with Gasteiger partial charge in [-0.05, 0) is 26.0 Å². The second kappa shape index (κ2) is 19.9. The maximum atomic E-state index is 9.94. The lowest BCUT2D eigenvalue weighted by Crippen LogP contribution is -2.07. The van der Waals surface area contributed by atoms with Gasteiger partial charge >= 0.3 is 0 Å². The van der Waals surface area contributed by atoms with Crippen molar-refractivity contribution in [3.05, 3.63) is 36.6 Å². The van der Waals surface area contributed by atoms with Crippen molar-refractivity contribution in [1.82, 2.24) is 5.32 Å². The van der Waals surface area contributed by atoms with Gasteiger partial charge in [-0.25, -0.2) is 0 Å². The quantitative estimate of drug-likeness (QED) is 0.590. The zero-order valence-corrected chi connectivity index (χ0v) is 11.6. The van der Waals surface area contributed by atoms with E-state index in [1.165, 1.54) is 0 Å². The fraction of sp³-hybridized carbons (Fsp3) is 0.429. The van der Waals surface area contributed by atoms with Crippen LogP contribution in [0, 0.1) is 0 Å². The number of amides is 1. The Morgan fingerprint density at radius 3 is 2.06 bits per heavy atom. The zero-order chi connectivity index (χ0) is 14.1. The van der Waals surface area contributed by atoms with Gasteiger partial charge in [-0.2, -0.15) is 0 Å². The van der Waals surface area contributed by atoms with Crippen LogP contribution in [0.4, 0.5) is 0 Å². The summed E-state index contributed by atoms with van der Waals surface area (Å²) in [5, 5.41) is 2.51. The number of rotatable bonds is 5. The van der Waals surface area contributed by atoms with Gasteiger partial charge in [-0.3, -0.25) is 4.79 Å². The van der Waals surface area contributed by atoms with Crippen molar-refractivity contribution in [3.8, 4) is 0 Å². The first-order valence-electron chi connectivity index (χ1n) is 5.77. The molecule has 0 aromatic rings. The molecule has 0 heterocycles. The Balaban J connectivity index is -0.000000236. The maximum Gasteiger partial charge on any atom is 0.211 e. The topological polar surface area (TPSA) is 46.2 Å². The predicted octanol–water partition coefficient (Wildman–Crippen LogP) is 3.39. The number of hydrogen-bond acceptors (Lipinski definition) is 2. The average molecular weight is 239 g/mol. The smallest absolute Gasteiger partial charge is 0.211 e. The highest BCUT2D eigenvalue weighted by molar-refractivity contribution is 5.74. The molecule has 0 aliphatic carbocycles. The second-order valence-electron chi connectivity index (χ2n) is 2.68. The lowest BCUT2D eigenvalue weighted by atomic mass is 10.3. The van der Waals surface area contributed by atoms with Gasteiger partial charge < -0.3 is 10.1 Å². The largest absolute Gasteiger partial charge is 0.329 e. The number of carbonyl (C=O) groups excluding carboxylic acids is 2. The highest BCUT2D eigenvalue weighted by Crippen LogP contribution is 1.89. The van der Waals surface area contributed by atoms with Crippen LogP contribution in [0.2, 0.25) is 0 Å². The Labute approximate surface area is 105 Å². The molecule has 0 bridgehead atoms. The Bertz CT molecular complexity index is 253. The summed E-state index contributed by atoms with van der Waals surface area (Å²) in [6, 6.07) is 0. The van der Waals surface area contributed by atoms with Gasteiger partial charge in [0.2, 0.25) is 6.41 Å². The molecule has 0 aromatic heterocycles. The molecule has 0 atom stereocenters. The molecule has 1 N–H and O–H groups in total. The number of Topliss-reactive ketones (excluding diaryl/α,β-unsaturated/α-hetero) is 1. The van der Waals surface area contributed by atoms with Gasteiger partial charge in [0, 0.05) is 12.1 Å². The summed E-state index contributed by atoms with van der Waals surface area (Å²) in [6.07, 6.45) is 8.26. The minimum absolute atomic E-state index is 0.255. The third-order valence-electron chi connectivity index (χ3n) is 1.37. The van der Waals surface area contributed by atoms with Crippen molar-refractivity contribution in [2.75, 3.05) is 0 Å². The fourth-order valence-corrected chi connectivity index (χ4v) is 0.526. The summed E-state index contributed by atoms with van der Waals surface area (Å²) in [5.74, 6) is 0.255. The maximum absolute atomic E-state index is 9.94. The van der Waals surface area contributed by atoms with E-state index in [0.29, 0.717) is 12.8 Å². The molecule has 0 spiro atoms. The van der Waals surface area contributed by atoms with E-state index in [1.54, 1.807) is 25.2 Å². The molecule has 0 aliphatic rings. The summed E-state index contributed by atoms with van der Waals surface area (Å²) >= 11 is 0. The highest BCUT2D eigenvalue weighted by Gasteiger charge is 1.82. The van der Waals surface area contributed by atoms with Crippen LogP contribution in [-0.4, -0.2) is 12.2 Å². The van der Waals surface area contributed by atoms with Crippen LogP contribution in [0.1, 0.15) is 41.0 Å². The Morgan fingerprint density at radius 2 is 1.82 bits per heavy atom. The number of ketones is 1. The van der Waals surface area contributed by atoms with Crippen LogP contribution in [0.5, 0.6) is 0 Å². The van der Waals surface area contributed by atoms with Gasteiger partial charge in [0.1, 0.15) is 5.78 Å². The fourth-order valence-electron chi connectivity index (χ4n) is 0.526. The lowest BCUT2D eigenvalue weighted by molar-refractivity contribution is -0.116. The minimum atomic E-state index is 0.255.